The summed E-state index contributed by atoms with van der Waals surface area (Å²) in [5.74, 6) is 1.81. The molecule has 1 aliphatic heterocycles. The largest absolute Gasteiger partial charge is 0.277 e. The second-order valence-corrected chi connectivity index (χ2v) is 16.4. The van der Waals surface area contributed by atoms with Crippen LogP contribution in [0, 0.1) is 5.92 Å². The van der Waals surface area contributed by atoms with Crippen LogP contribution in [0.1, 0.15) is 85.8 Å². The van der Waals surface area contributed by atoms with Gasteiger partial charge in [0.1, 0.15) is 6.17 Å². The van der Waals surface area contributed by atoms with Crippen molar-refractivity contribution in [2.45, 2.75) is 75.2 Å². The van der Waals surface area contributed by atoms with Gasteiger partial charge in [0.25, 0.3) is 0 Å². The number of benzene rings is 4. The molecule has 56 heavy (non-hydrogen) atoms. The molecule has 4 nitrogen and oxygen atoms in total. The quantitative estimate of drug-likeness (QED) is 0.168. The van der Waals surface area contributed by atoms with E-state index in [0.717, 1.165) is 50.8 Å². The van der Waals surface area contributed by atoms with Crippen LogP contribution in [-0.2, 0) is 5.41 Å². The van der Waals surface area contributed by atoms with E-state index < -0.39 is 5.41 Å². The Balaban J connectivity index is 1.24. The molecule has 5 aromatic rings. The van der Waals surface area contributed by atoms with Crippen LogP contribution in [0.25, 0.3) is 32.9 Å². The predicted molar refractivity (Wildman–Crippen MR) is 232 cm³/mol. The number of amidine groups is 1. The van der Waals surface area contributed by atoms with E-state index in [2.05, 4.69) is 173 Å². The number of allylic oxidation sites excluding steroid dienone is 11. The third-order valence-electron chi connectivity index (χ3n) is 13.2. The summed E-state index contributed by atoms with van der Waals surface area (Å²) < 4.78 is 2.70. The van der Waals surface area contributed by atoms with E-state index in [-0.39, 0.29) is 12.5 Å². The van der Waals surface area contributed by atoms with Gasteiger partial charge >= 0.3 is 0 Å². The third-order valence-corrected chi connectivity index (χ3v) is 13.2. The minimum absolute atomic E-state index is 0.0216. The molecule has 5 aliphatic carbocycles. The topological polar surface area (TPSA) is 45.9 Å². The summed E-state index contributed by atoms with van der Waals surface area (Å²) in [7, 11) is 0. The summed E-state index contributed by atoms with van der Waals surface area (Å²) in [6, 6.07) is 32.7. The Labute approximate surface area is 330 Å². The average Bonchev–Trinajstić information content (AvgIpc) is 3.78. The Morgan fingerprint density at radius 2 is 1.59 bits per heavy atom. The van der Waals surface area contributed by atoms with Crippen LogP contribution in [0.3, 0.4) is 0 Å². The van der Waals surface area contributed by atoms with Gasteiger partial charge in [-0.2, -0.15) is 0 Å². The van der Waals surface area contributed by atoms with E-state index in [4.69, 9.17) is 4.99 Å². The van der Waals surface area contributed by atoms with Crippen molar-refractivity contribution < 1.29 is 5.32 Å². The fourth-order valence-electron chi connectivity index (χ4n) is 10.7. The number of hydrogen-bond donors (Lipinski definition) is 2. The van der Waals surface area contributed by atoms with Gasteiger partial charge < -0.3 is 0 Å². The van der Waals surface area contributed by atoms with E-state index in [1.54, 1.807) is 0 Å². The Morgan fingerprint density at radius 3 is 2.39 bits per heavy atom. The van der Waals surface area contributed by atoms with Crippen molar-refractivity contribution in [3.63, 3.8) is 0 Å². The summed E-state index contributed by atoms with van der Waals surface area (Å²) in [6.45, 7) is 0. The zero-order chi connectivity index (χ0) is 37.1. The number of fused-ring (bicyclic) bond motifs is 7. The van der Waals surface area contributed by atoms with Crippen LogP contribution in [0.2, 0.25) is 0 Å². The molecule has 3 N–H and O–H groups in total. The van der Waals surface area contributed by atoms with Gasteiger partial charge in [-0.3, -0.25) is 9.88 Å². The first-order valence-corrected chi connectivity index (χ1v) is 21.0. The molecule has 0 saturated heterocycles. The first kappa shape index (κ1) is 33.8. The minimum atomic E-state index is -0.485. The van der Waals surface area contributed by atoms with Gasteiger partial charge in [0.15, 0.2) is 0 Å². The smallest absolute Gasteiger partial charge is 0.231 e. The number of rotatable bonds is 6. The van der Waals surface area contributed by atoms with E-state index >= 15 is 0 Å². The summed E-state index contributed by atoms with van der Waals surface area (Å²) in [4.78, 5) is 5.53. The maximum atomic E-state index is 5.53. The van der Waals surface area contributed by atoms with E-state index in [1.165, 1.54) is 72.8 Å². The van der Waals surface area contributed by atoms with Crippen LogP contribution in [-0.4, -0.2) is 16.6 Å². The third kappa shape index (κ3) is 5.30. The second-order valence-electron chi connectivity index (χ2n) is 16.4. The molecular weight excluding hydrogens is 681 g/mol. The van der Waals surface area contributed by atoms with Crippen LogP contribution in [0.5, 0.6) is 0 Å². The monoisotopic (exact) mass is 729 g/mol. The first-order valence-electron chi connectivity index (χ1n) is 21.0. The maximum absolute atomic E-state index is 5.53. The fraction of sp³-hybridized carbons (Fsp3) is 0.250. The number of hydrogen-bond acceptors (Lipinski definition) is 2. The minimum Gasteiger partial charge on any atom is -0.277 e. The molecule has 1 aromatic heterocycles. The zero-order valence-corrected chi connectivity index (χ0v) is 31.9. The number of nitrogens with one attached hydrogen (secondary N) is 1. The molecule has 0 spiro atoms. The molecule has 11 rings (SSSR count). The molecule has 5 unspecified atom stereocenters. The molecule has 0 saturated carbocycles. The normalized spacial score (nSPS) is 26.6. The molecule has 0 fully saturated rings. The van der Waals surface area contributed by atoms with Crippen LogP contribution < -0.4 is 10.6 Å². The van der Waals surface area contributed by atoms with Crippen LogP contribution >= 0.6 is 0 Å². The number of aromatic nitrogens is 1. The van der Waals surface area contributed by atoms with Crippen molar-refractivity contribution in [1.29, 1.82) is 0 Å². The number of quaternary nitrogens is 1. The zero-order valence-electron chi connectivity index (χ0n) is 31.9. The van der Waals surface area contributed by atoms with E-state index in [0.29, 0.717) is 11.8 Å². The molecule has 0 radical (unpaired) electrons. The highest BCUT2D eigenvalue weighted by Gasteiger charge is 2.49. The van der Waals surface area contributed by atoms with Crippen molar-refractivity contribution in [1.82, 2.24) is 9.88 Å². The van der Waals surface area contributed by atoms with E-state index in [1.807, 2.05) is 0 Å². The standard InChI is InChI=1S/C52H48N4/c1-6-18-35(19-7-1)38-30-31-42-44-33-32-43-41-28-16-17-29-45(41)52(39-24-12-4-13-25-39,40-26-14-5-15-27-40)47(43)48(44)56(46(42)34-38)51-54-49(36-20-8-2-9-21-36)53-50(55-51)37-22-10-3-11-23-37/h1,4,6-8,10,12-14,16-18,20-22,24-35,37,50-51,55H,2-3,5,9,11,15,19,23H2,(H,53,54)/p+1. The number of nitrogens with zero attached hydrogens (tertiary/aromatic N) is 2. The molecular formula is C52H49N4+. The molecule has 2 heterocycles. The first-order chi connectivity index (χ1) is 27.8. The molecule has 276 valence electrons. The van der Waals surface area contributed by atoms with Gasteiger partial charge in [0.05, 0.1) is 22.0 Å². The van der Waals surface area contributed by atoms with Gasteiger partial charge in [0, 0.05) is 28.2 Å². The highest BCUT2D eigenvalue weighted by atomic mass is 15.4. The Morgan fingerprint density at radius 1 is 0.732 bits per heavy atom. The lowest BCUT2D eigenvalue weighted by Gasteiger charge is -2.37. The van der Waals surface area contributed by atoms with Crippen LogP contribution in [0.4, 0.5) is 0 Å². The Bertz CT molecular complexity index is 2620. The average molecular weight is 730 g/mol. The highest BCUT2D eigenvalue weighted by Crippen LogP contribution is 2.59. The SMILES string of the molecule is C1=CCC(c2ccc3c4ccc5c(c4n(C4NC(C6C=CCCC6)N=C(C6=CCCC=C6)[NH2+]4)c3c2)C(C2=CCCC=C2)(c2ccccc2)c2ccccc2-5)C=C1. The predicted octanol–water partition coefficient (Wildman–Crippen LogP) is 11.0. The van der Waals surface area contributed by atoms with E-state index in [9.17, 15) is 0 Å². The molecule has 0 bridgehead atoms. The summed E-state index contributed by atoms with van der Waals surface area (Å²) in [5, 5.41) is 9.25. The summed E-state index contributed by atoms with van der Waals surface area (Å²) in [5.41, 5.74) is 12.8. The van der Waals surface area contributed by atoms with Gasteiger partial charge in [0.2, 0.25) is 12.1 Å². The van der Waals surface area contributed by atoms with Crippen molar-refractivity contribution >= 4 is 27.6 Å². The number of nitrogens with two attached hydrogens (primary N) is 1. The van der Waals surface area contributed by atoms with Crippen molar-refractivity contribution in [3.05, 3.63) is 191 Å². The lowest BCUT2D eigenvalue weighted by molar-refractivity contribution is -0.617. The van der Waals surface area contributed by atoms with Gasteiger partial charge in [-0.25, -0.2) is 10.3 Å². The summed E-state index contributed by atoms with van der Waals surface area (Å²) >= 11 is 0. The highest BCUT2D eigenvalue weighted by molar-refractivity contribution is 6.13. The van der Waals surface area contributed by atoms with Gasteiger partial charge in [-0.05, 0) is 90.8 Å². The maximum Gasteiger partial charge on any atom is 0.231 e. The summed E-state index contributed by atoms with van der Waals surface area (Å²) in [6.07, 6.45) is 36.9. The number of aliphatic imine (C=N–C) groups is 1. The Kier molecular flexibility index (Phi) is 8.37. The fourth-order valence-corrected chi connectivity index (χ4v) is 10.7. The van der Waals surface area contributed by atoms with Crippen molar-refractivity contribution in [2.75, 3.05) is 0 Å². The van der Waals surface area contributed by atoms with Crippen molar-refractivity contribution in [3.8, 4) is 11.1 Å². The molecule has 4 heteroatoms. The Hall–Kier alpha value is -5.55. The van der Waals surface area contributed by atoms with Gasteiger partial charge in [-0.1, -0.05) is 152 Å². The molecule has 0 amide bonds. The van der Waals surface area contributed by atoms with Crippen molar-refractivity contribution in [2.24, 2.45) is 10.9 Å². The second kappa shape index (κ2) is 13.9. The lowest BCUT2D eigenvalue weighted by Crippen LogP contribution is -2.95. The van der Waals surface area contributed by atoms with Crippen LogP contribution in [0.15, 0.2) is 174 Å². The van der Waals surface area contributed by atoms with Gasteiger partial charge in [-0.15, -0.1) is 0 Å². The molecule has 5 atom stereocenters. The molecule has 6 aliphatic rings. The molecule has 4 aromatic carbocycles. The lowest BCUT2D eigenvalue weighted by atomic mass is 9.66.